The van der Waals surface area contributed by atoms with E-state index in [0.717, 1.165) is 28.2 Å². The van der Waals surface area contributed by atoms with Gasteiger partial charge >= 0.3 is 0 Å². The Labute approximate surface area is 123 Å². The molecule has 4 heteroatoms. The van der Waals surface area contributed by atoms with E-state index < -0.39 is 0 Å². The van der Waals surface area contributed by atoms with Crippen LogP contribution in [0.3, 0.4) is 0 Å². The third-order valence-electron chi connectivity index (χ3n) is 3.50. The van der Waals surface area contributed by atoms with E-state index >= 15 is 0 Å². The summed E-state index contributed by atoms with van der Waals surface area (Å²) in [5, 5.41) is 3.13. The molecule has 0 saturated heterocycles. The second-order valence-corrected chi connectivity index (χ2v) is 4.92. The molecular formula is C17H17N3O. The van der Waals surface area contributed by atoms with E-state index in [9.17, 15) is 0 Å². The molecule has 0 fully saturated rings. The Morgan fingerprint density at radius 3 is 2.38 bits per heavy atom. The Balaban J connectivity index is 2.23. The van der Waals surface area contributed by atoms with E-state index in [4.69, 9.17) is 9.40 Å². The van der Waals surface area contributed by atoms with E-state index in [2.05, 4.69) is 10.3 Å². The van der Waals surface area contributed by atoms with Crippen molar-refractivity contribution >= 4 is 5.82 Å². The molecule has 2 aromatic heterocycles. The van der Waals surface area contributed by atoms with Gasteiger partial charge in [-0.3, -0.25) is 0 Å². The van der Waals surface area contributed by atoms with Crippen LogP contribution in [0.1, 0.15) is 11.1 Å². The summed E-state index contributed by atoms with van der Waals surface area (Å²) in [6, 6.07) is 12.0. The summed E-state index contributed by atoms with van der Waals surface area (Å²) in [5.41, 5.74) is 4.04. The van der Waals surface area contributed by atoms with Crippen LogP contribution in [0.15, 0.2) is 47.1 Å². The topological polar surface area (TPSA) is 51.0 Å². The summed E-state index contributed by atoms with van der Waals surface area (Å²) in [4.78, 5) is 9.27. The number of hydrogen-bond donors (Lipinski definition) is 1. The molecule has 106 valence electrons. The highest BCUT2D eigenvalue weighted by Gasteiger charge is 2.16. The molecule has 0 bridgehead atoms. The Kier molecular flexibility index (Phi) is 3.44. The lowest BCUT2D eigenvalue weighted by Crippen LogP contribution is -2.03. The number of aromatic nitrogens is 2. The highest BCUT2D eigenvalue weighted by Crippen LogP contribution is 2.30. The average molecular weight is 279 g/mol. The van der Waals surface area contributed by atoms with Gasteiger partial charge in [-0.25, -0.2) is 9.97 Å². The van der Waals surface area contributed by atoms with Crippen LogP contribution < -0.4 is 5.32 Å². The number of rotatable bonds is 3. The van der Waals surface area contributed by atoms with Gasteiger partial charge < -0.3 is 9.73 Å². The second kappa shape index (κ2) is 5.40. The molecule has 0 unspecified atom stereocenters. The molecule has 21 heavy (non-hydrogen) atoms. The van der Waals surface area contributed by atoms with Gasteiger partial charge in [0.15, 0.2) is 11.6 Å². The van der Waals surface area contributed by atoms with Gasteiger partial charge in [-0.15, -0.1) is 0 Å². The Hall–Kier alpha value is -2.62. The largest absolute Gasteiger partial charge is 0.461 e. The van der Waals surface area contributed by atoms with Gasteiger partial charge in [-0.05, 0) is 25.5 Å². The SMILES string of the molecule is CNc1nc(-c2occc2C)nc(-c2ccccc2)c1C. The van der Waals surface area contributed by atoms with Gasteiger partial charge in [-0.2, -0.15) is 0 Å². The number of nitrogens with zero attached hydrogens (tertiary/aromatic N) is 2. The fourth-order valence-corrected chi connectivity index (χ4v) is 2.34. The molecule has 0 aliphatic carbocycles. The number of nitrogens with one attached hydrogen (secondary N) is 1. The van der Waals surface area contributed by atoms with Gasteiger partial charge in [0.2, 0.25) is 0 Å². The molecule has 0 radical (unpaired) electrons. The third kappa shape index (κ3) is 2.40. The first kappa shape index (κ1) is 13.4. The van der Waals surface area contributed by atoms with E-state index in [1.807, 2.05) is 57.3 Å². The maximum Gasteiger partial charge on any atom is 0.198 e. The van der Waals surface area contributed by atoms with Crippen molar-refractivity contribution in [3.05, 3.63) is 53.8 Å². The maximum absolute atomic E-state index is 5.53. The van der Waals surface area contributed by atoms with Crippen molar-refractivity contribution in [2.75, 3.05) is 12.4 Å². The van der Waals surface area contributed by atoms with Crippen LogP contribution in [0.2, 0.25) is 0 Å². The minimum absolute atomic E-state index is 0.603. The highest BCUT2D eigenvalue weighted by atomic mass is 16.3. The van der Waals surface area contributed by atoms with E-state index in [0.29, 0.717) is 11.6 Å². The van der Waals surface area contributed by atoms with Crippen LogP contribution in [0.25, 0.3) is 22.8 Å². The first-order valence-electron chi connectivity index (χ1n) is 6.87. The van der Waals surface area contributed by atoms with Crippen LogP contribution in [0.5, 0.6) is 0 Å². The number of aryl methyl sites for hydroxylation is 1. The molecule has 4 nitrogen and oxygen atoms in total. The normalized spacial score (nSPS) is 10.6. The Bertz CT molecular complexity index is 763. The lowest BCUT2D eigenvalue weighted by atomic mass is 10.1. The molecule has 3 rings (SSSR count). The quantitative estimate of drug-likeness (QED) is 0.785. The first-order valence-corrected chi connectivity index (χ1v) is 6.87. The first-order chi connectivity index (χ1) is 10.2. The molecule has 1 aromatic carbocycles. The van der Waals surface area contributed by atoms with Crippen molar-refractivity contribution in [2.24, 2.45) is 0 Å². The third-order valence-corrected chi connectivity index (χ3v) is 3.50. The van der Waals surface area contributed by atoms with Crippen molar-refractivity contribution < 1.29 is 4.42 Å². The van der Waals surface area contributed by atoms with E-state index in [1.165, 1.54) is 0 Å². The van der Waals surface area contributed by atoms with Crippen LogP contribution in [-0.4, -0.2) is 17.0 Å². The number of hydrogen-bond acceptors (Lipinski definition) is 4. The highest BCUT2D eigenvalue weighted by molar-refractivity contribution is 5.71. The van der Waals surface area contributed by atoms with Gasteiger partial charge in [0.25, 0.3) is 0 Å². The fourth-order valence-electron chi connectivity index (χ4n) is 2.34. The van der Waals surface area contributed by atoms with Crippen LogP contribution in [0, 0.1) is 13.8 Å². The van der Waals surface area contributed by atoms with Crippen molar-refractivity contribution in [1.82, 2.24) is 9.97 Å². The van der Waals surface area contributed by atoms with E-state index in [1.54, 1.807) is 6.26 Å². The number of benzene rings is 1. The lowest BCUT2D eigenvalue weighted by molar-refractivity contribution is 0.575. The molecule has 3 aromatic rings. The Morgan fingerprint density at radius 1 is 1.00 bits per heavy atom. The van der Waals surface area contributed by atoms with E-state index in [-0.39, 0.29) is 0 Å². The summed E-state index contributed by atoms with van der Waals surface area (Å²) in [6.07, 6.45) is 1.66. The predicted molar refractivity (Wildman–Crippen MR) is 84.2 cm³/mol. The van der Waals surface area contributed by atoms with Crippen LogP contribution in [0.4, 0.5) is 5.82 Å². The molecule has 0 atom stereocenters. The van der Waals surface area contributed by atoms with Crippen molar-refractivity contribution in [2.45, 2.75) is 13.8 Å². The fraction of sp³-hybridized carbons (Fsp3) is 0.176. The standard InChI is InChI=1S/C17H17N3O/c1-11-9-10-21-15(11)17-19-14(12(2)16(18-3)20-17)13-7-5-4-6-8-13/h4-10H,1-3H3,(H,18,19,20). The summed E-state index contributed by atoms with van der Waals surface area (Å²) in [6.45, 7) is 4.01. The Morgan fingerprint density at radius 2 is 1.76 bits per heavy atom. The summed E-state index contributed by atoms with van der Waals surface area (Å²) >= 11 is 0. The molecule has 0 saturated carbocycles. The van der Waals surface area contributed by atoms with Crippen LogP contribution in [-0.2, 0) is 0 Å². The number of anilines is 1. The lowest BCUT2D eigenvalue weighted by Gasteiger charge is -2.12. The summed E-state index contributed by atoms with van der Waals surface area (Å²) in [7, 11) is 1.86. The molecule has 0 aliphatic heterocycles. The molecule has 0 aliphatic rings. The average Bonchev–Trinajstić information content (AvgIpc) is 2.94. The minimum atomic E-state index is 0.603. The summed E-state index contributed by atoms with van der Waals surface area (Å²) in [5.74, 6) is 2.13. The zero-order valence-electron chi connectivity index (χ0n) is 12.3. The van der Waals surface area contributed by atoms with Crippen molar-refractivity contribution in [3.63, 3.8) is 0 Å². The van der Waals surface area contributed by atoms with Crippen LogP contribution >= 0.6 is 0 Å². The molecular weight excluding hydrogens is 262 g/mol. The van der Waals surface area contributed by atoms with Gasteiger partial charge in [0, 0.05) is 18.2 Å². The molecule has 2 heterocycles. The van der Waals surface area contributed by atoms with Gasteiger partial charge in [0.05, 0.1) is 12.0 Å². The molecule has 0 spiro atoms. The molecule has 1 N–H and O–H groups in total. The maximum atomic E-state index is 5.53. The monoisotopic (exact) mass is 279 g/mol. The zero-order valence-corrected chi connectivity index (χ0v) is 12.3. The second-order valence-electron chi connectivity index (χ2n) is 4.92. The van der Waals surface area contributed by atoms with Crippen molar-refractivity contribution in [3.8, 4) is 22.8 Å². The van der Waals surface area contributed by atoms with Crippen molar-refractivity contribution in [1.29, 1.82) is 0 Å². The predicted octanol–water partition coefficient (Wildman–Crippen LogP) is 4.06. The van der Waals surface area contributed by atoms with Gasteiger partial charge in [0.1, 0.15) is 5.82 Å². The number of furan rings is 1. The summed E-state index contributed by atoms with van der Waals surface area (Å²) < 4.78 is 5.53. The zero-order chi connectivity index (χ0) is 14.8. The molecule has 0 amide bonds. The smallest absolute Gasteiger partial charge is 0.198 e. The van der Waals surface area contributed by atoms with Gasteiger partial charge in [-0.1, -0.05) is 30.3 Å². The minimum Gasteiger partial charge on any atom is -0.461 e.